The molecule has 0 heterocycles. The summed E-state index contributed by atoms with van der Waals surface area (Å²) >= 11 is 0. The minimum absolute atomic E-state index is 0.153. The van der Waals surface area contributed by atoms with Crippen molar-refractivity contribution in [3.63, 3.8) is 0 Å². The highest BCUT2D eigenvalue weighted by Crippen LogP contribution is 2.19. The van der Waals surface area contributed by atoms with Crippen LogP contribution >= 0.6 is 0 Å². The van der Waals surface area contributed by atoms with E-state index >= 15 is 0 Å². The Labute approximate surface area is 124 Å². The number of hydrogen-bond donors (Lipinski definition) is 3. The summed E-state index contributed by atoms with van der Waals surface area (Å²) in [6.45, 7) is 2.32. The minimum atomic E-state index is -0.153. The summed E-state index contributed by atoms with van der Waals surface area (Å²) in [5.74, 6) is 5.20. The molecule has 4 N–H and O–H groups in total. The third-order valence-corrected chi connectivity index (χ3v) is 3.20. The average Bonchev–Trinajstić information content (AvgIpc) is 2.49. The Balaban J connectivity index is 2.22. The highest BCUT2D eigenvalue weighted by atomic mass is 16.5. The first-order valence-corrected chi connectivity index (χ1v) is 6.61. The zero-order chi connectivity index (χ0) is 15.2. The zero-order valence-electron chi connectivity index (χ0n) is 12.1. The first-order chi connectivity index (χ1) is 10.2. The van der Waals surface area contributed by atoms with Crippen molar-refractivity contribution in [1.82, 2.24) is 0 Å². The van der Waals surface area contributed by atoms with Gasteiger partial charge in [0.05, 0.1) is 6.61 Å². The number of ether oxygens (including phenoxy) is 1. The van der Waals surface area contributed by atoms with Crippen LogP contribution in [0.5, 0.6) is 0 Å². The number of rotatable bonds is 5. The summed E-state index contributed by atoms with van der Waals surface area (Å²) in [6.07, 6.45) is 0. The number of amides is 1. The number of nitrogen functional groups attached to an aromatic ring is 1. The molecule has 0 radical (unpaired) electrons. The van der Waals surface area contributed by atoms with Crippen molar-refractivity contribution in [2.45, 2.75) is 13.5 Å². The average molecular weight is 285 g/mol. The topological polar surface area (TPSA) is 76.4 Å². The van der Waals surface area contributed by atoms with E-state index in [0.717, 1.165) is 22.5 Å². The molecule has 0 unspecified atom stereocenters. The van der Waals surface area contributed by atoms with Crippen LogP contribution in [-0.2, 0) is 11.3 Å². The third kappa shape index (κ3) is 3.59. The summed E-state index contributed by atoms with van der Waals surface area (Å²) in [5.41, 5.74) is 6.49. The molecule has 0 spiro atoms. The molecule has 1 amide bonds. The van der Waals surface area contributed by atoms with E-state index < -0.39 is 0 Å². The lowest BCUT2D eigenvalue weighted by atomic mass is 10.1. The van der Waals surface area contributed by atoms with Crippen LogP contribution in [0.4, 0.5) is 11.4 Å². The smallest absolute Gasteiger partial charge is 0.255 e. The Morgan fingerprint density at radius 2 is 2.00 bits per heavy atom. The van der Waals surface area contributed by atoms with Gasteiger partial charge in [-0.15, -0.1) is 0 Å². The van der Waals surface area contributed by atoms with Gasteiger partial charge in [-0.05, 0) is 36.8 Å². The van der Waals surface area contributed by atoms with Crippen molar-refractivity contribution in [2.24, 2.45) is 5.84 Å². The van der Waals surface area contributed by atoms with Crippen molar-refractivity contribution < 1.29 is 9.53 Å². The predicted octanol–water partition coefficient (Wildman–Crippen LogP) is 2.68. The normalized spacial score (nSPS) is 10.2. The SMILES string of the molecule is COCc1ccccc1NC(=O)c1ccc(NN)cc1C. The first kappa shape index (κ1) is 15.0. The van der Waals surface area contributed by atoms with E-state index in [2.05, 4.69) is 10.7 Å². The summed E-state index contributed by atoms with van der Waals surface area (Å²) < 4.78 is 5.14. The van der Waals surface area contributed by atoms with Crippen molar-refractivity contribution in [2.75, 3.05) is 17.9 Å². The quantitative estimate of drug-likeness (QED) is 0.583. The van der Waals surface area contributed by atoms with Gasteiger partial charge in [-0.25, -0.2) is 0 Å². The molecule has 0 bridgehead atoms. The van der Waals surface area contributed by atoms with Gasteiger partial charge in [0.15, 0.2) is 0 Å². The van der Waals surface area contributed by atoms with Crippen molar-refractivity contribution in [3.05, 3.63) is 59.2 Å². The van der Waals surface area contributed by atoms with Gasteiger partial charge in [0.1, 0.15) is 0 Å². The minimum Gasteiger partial charge on any atom is -0.380 e. The molecule has 0 aromatic heterocycles. The van der Waals surface area contributed by atoms with Crippen LogP contribution in [0.2, 0.25) is 0 Å². The van der Waals surface area contributed by atoms with Gasteiger partial charge in [0.2, 0.25) is 0 Å². The van der Waals surface area contributed by atoms with Crippen LogP contribution in [0.25, 0.3) is 0 Å². The lowest BCUT2D eigenvalue weighted by Gasteiger charge is -2.12. The number of hydrogen-bond acceptors (Lipinski definition) is 4. The Kier molecular flexibility index (Phi) is 4.92. The fraction of sp³-hybridized carbons (Fsp3) is 0.188. The molecular weight excluding hydrogens is 266 g/mol. The molecule has 5 heteroatoms. The Morgan fingerprint density at radius 1 is 1.24 bits per heavy atom. The Bertz CT molecular complexity index is 641. The molecule has 0 aliphatic carbocycles. The molecule has 0 saturated carbocycles. The van der Waals surface area contributed by atoms with Gasteiger partial charge < -0.3 is 15.5 Å². The second kappa shape index (κ2) is 6.88. The predicted molar refractivity (Wildman–Crippen MR) is 84.1 cm³/mol. The zero-order valence-corrected chi connectivity index (χ0v) is 12.1. The highest BCUT2D eigenvalue weighted by Gasteiger charge is 2.11. The van der Waals surface area contributed by atoms with Crippen molar-refractivity contribution in [3.8, 4) is 0 Å². The van der Waals surface area contributed by atoms with Gasteiger partial charge in [-0.3, -0.25) is 10.6 Å². The Hall–Kier alpha value is -2.37. The number of nitrogens with one attached hydrogen (secondary N) is 2. The van der Waals surface area contributed by atoms with Crippen LogP contribution in [-0.4, -0.2) is 13.0 Å². The summed E-state index contributed by atoms with van der Waals surface area (Å²) in [4.78, 5) is 12.4. The number of anilines is 2. The molecule has 0 fully saturated rings. The summed E-state index contributed by atoms with van der Waals surface area (Å²) in [6, 6.07) is 12.9. The maximum Gasteiger partial charge on any atom is 0.255 e. The third-order valence-electron chi connectivity index (χ3n) is 3.20. The van der Waals surface area contributed by atoms with Crippen LogP contribution in [0, 0.1) is 6.92 Å². The fourth-order valence-electron chi connectivity index (χ4n) is 2.12. The molecule has 0 saturated heterocycles. The van der Waals surface area contributed by atoms with Crippen molar-refractivity contribution >= 4 is 17.3 Å². The molecule has 2 aromatic carbocycles. The molecule has 0 atom stereocenters. The molecule has 110 valence electrons. The largest absolute Gasteiger partial charge is 0.380 e. The van der Waals surface area contributed by atoms with Gasteiger partial charge in [0, 0.05) is 29.6 Å². The molecule has 21 heavy (non-hydrogen) atoms. The number of carbonyl (C=O) groups is 1. The van der Waals surface area contributed by atoms with E-state index in [0.29, 0.717) is 12.2 Å². The van der Waals surface area contributed by atoms with Gasteiger partial charge in [0.25, 0.3) is 5.91 Å². The maximum absolute atomic E-state index is 12.4. The highest BCUT2D eigenvalue weighted by molar-refractivity contribution is 6.05. The van der Waals surface area contributed by atoms with E-state index in [1.807, 2.05) is 37.3 Å². The second-order valence-electron chi connectivity index (χ2n) is 4.72. The molecule has 0 aliphatic rings. The lowest BCUT2D eigenvalue weighted by molar-refractivity contribution is 0.102. The molecule has 5 nitrogen and oxygen atoms in total. The number of carbonyl (C=O) groups excluding carboxylic acids is 1. The summed E-state index contributed by atoms with van der Waals surface area (Å²) in [7, 11) is 1.63. The fourth-order valence-corrected chi connectivity index (χ4v) is 2.12. The van der Waals surface area contributed by atoms with Gasteiger partial charge >= 0.3 is 0 Å². The molecule has 2 aromatic rings. The number of aryl methyl sites for hydroxylation is 1. The first-order valence-electron chi connectivity index (χ1n) is 6.61. The van der Waals surface area contributed by atoms with E-state index in [1.165, 1.54) is 0 Å². The van der Waals surface area contributed by atoms with Crippen LogP contribution in [0.15, 0.2) is 42.5 Å². The molecular formula is C16H19N3O2. The molecule has 2 rings (SSSR count). The van der Waals surface area contributed by atoms with Crippen molar-refractivity contribution in [1.29, 1.82) is 0 Å². The monoisotopic (exact) mass is 285 g/mol. The molecule has 0 aliphatic heterocycles. The number of para-hydroxylation sites is 1. The Morgan fingerprint density at radius 3 is 2.67 bits per heavy atom. The lowest BCUT2D eigenvalue weighted by Crippen LogP contribution is -2.15. The second-order valence-corrected chi connectivity index (χ2v) is 4.72. The van der Waals surface area contributed by atoms with E-state index in [-0.39, 0.29) is 5.91 Å². The maximum atomic E-state index is 12.4. The van der Waals surface area contributed by atoms with Crippen LogP contribution in [0.3, 0.4) is 0 Å². The number of hydrazine groups is 1. The van der Waals surface area contributed by atoms with Gasteiger partial charge in [-0.2, -0.15) is 0 Å². The van der Waals surface area contributed by atoms with E-state index in [1.54, 1.807) is 19.2 Å². The number of nitrogens with two attached hydrogens (primary N) is 1. The van der Waals surface area contributed by atoms with Crippen LogP contribution < -0.4 is 16.6 Å². The standard InChI is InChI=1S/C16H19N3O2/c1-11-9-13(19-17)7-8-14(11)16(20)18-15-6-4-3-5-12(15)10-21-2/h3-9,19H,10,17H2,1-2H3,(H,18,20). The van der Waals surface area contributed by atoms with E-state index in [4.69, 9.17) is 10.6 Å². The summed E-state index contributed by atoms with van der Waals surface area (Å²) in [5, 5.41) is 2.92. The van der Waals surface area contributed by atoms with Crippen LogP contribution in [0.1, 0.15) is 21.5 Å². The van der Waals surface area contributed by atoms with Gasteiger partial charge in [-0.1, -0.05) is 18.2 Å². The van der Waals surface area contributed by atoms with E-state index in [9.17, 15) is 4.79 Å². The number of methoxy groups -OCH3 is 1. The number of benzene rings is 2.